The van der Waals surface area contributed by atoms with Gasteiger partial charge in [-0.25, -0.2) is 0 Å². The van der Waals surface area contributed by atoms with Crippen molar-refractivity contribution in [2.45, 2.75) is 13.1 Å². The van der Waals surface area contributed by atoms with Gasteiger partial charge in [0.25, 0.3) is 5.91 Å². The summed E-state index contributed by atoms with van der Waals surface area (Å²) in [6, 6.07) is 20.5. The Bertz CT molecular complexity index is 1380. The van der Waals surface area contributed by atoms with Crippen LogP contribution in [0.5, 0.6) is 0 Å². The zero-order valence-electron chi connectivity index (χ0n) is 19.1. The summed E-state index contributed by atoms with van der Waals surface area (Å²) in [5.74, 6) is -0.157. The zero-order chi connectivity index (χ0) is 24.6. The molecule has 0 N–H and O–H groups in total. The molecule has 1 aliphatic heterocycles. The van der Waals surface area contributed by atoms with Crippen LogP contribution in [0.15, 0.2) is 72.8 Å². The van der Waals surface area contributed by atoms with Gasteiger partial charge in [0.1, 0.15) is 5.69 Å². The summed E-state index contributed by atoms with van der Waals surface area (Å²) in [7, 11) is 0. The van der Waals surface area contributed by atoms with E-state index in [9.17, 15) is 18.0 Å². The maximum absolute atomic E-state index is 13.8. The van der Waals surface area contributed by atoms with E-state index in [4.69, 9.17) is 0 Å². The lowest BCUT2D eigenvalue weighted by Gasteiger charge is -2.36. The van der Waals surface area contributed by atoms with Gasteiger partial charge in [0.05, 0.1) is 16.6 Å². The Morgan fingerprint density at radius 1 is 0.857 bits per heavy atom. The molecule has 0 radical (unpaired) electrons. The Kier molecular flexibility index (Phi) is 5.88. The molecule has 1 aromatic heterocycles. The quantitative estimate of drug-likeness (QED) is 0.387. The Labute approximate surface area is 200 Å². The topological polar surface area (TPSA) is 49.3 Å². The van der Waals surface area contributed by atoms with Crippen LogP contribution in [-0.2, 0) is 6.18 Å². The first kappa shape index (κ1) is 22.8. The normalized spacial score (nSPS) is 14.4. The summed E-state index contributed by atoms with van der Waals surface area (Å²) >= 11 is 0. The lowest BCUT2D eigenvalue weighted by Crippen LogP contribution is -2.49. The number of fused-ring (bicyclic) bond motifs is 1. The minimum atomic E-state index is -4.39. The van der Waals surface area contributed by atoms with Crippen LogP contribution in [-0.4, -0.2) is 47.2 Å². The number of rotatable bonds is 3. The van der Waals surface area contributed by atoms with Crippen LogP contribution < -0.4 is 4.90 Å². The van der Waals surface area contributed by atoms with Crippen LogP contribution in [0.25, 0.3) is 22.2 Å². The molecule has 0 atom stereocenters. The molecule has 178 valence electrons. The fourth-order valence-corrected chi connectivity index (χ4v) is 4.39. The second kappa shape index (κ2) is 9.02. The number of amides is 1. The van der Waals surface area contributed by atoms with Crippen LogP contribution in [0.2, 0.25) is 0 Å². The molecule has 0 unspecified atom stereocenters. The van der Waals surface area contributed by atoms with Gasteiger partial charge in [-0.3, -0.25) is 4.79 Å². The number of benzene rings is 3. The third-order valence-electron chi connectivity index (χ3n) is 6.31. The van der Waals surface area contributed by atoms with E-state index in [1.807, 2.05) is 60.4 Å². The number of anilines is 1. The van der Waals surface area contributed by atoms with Crippen molar-refractivity contribution in [2.75, 3.05) is 31.1 Å². The first-order chi connectivity index (χ1) is 16.8. The van der Waals surface area contributed by atoms with Gasteiger partial charge < -0.3 is 9.80 Å². The number of carbonyl (C=O) groups is 1. The molecule has 2 heterocycles. The number of carbonyl (C=O) groups excluding carboxylic acids is 1. The number of piperazine rings is 1. The van der Waals surface area contributed by atoms with Gasteiger partial charge in [-0.1, -0.05) is 54.1 Å². The second-order valence-corrected chi connectivity index (χ2v) is 8.63. The zero-order valence-corrected chi connectivity index (χ0v) is 19.1. The summed E-state index contributed by atoms with van der Waals surface area (Å²) in [4.78, 5) is 17.4. The van der Waals surface area contributed by atoms with E-state index in [0.717, 1.165) is 28.6 Å². The van der Waals surface area contributed by atoms with Gasteiger partial charge in [0.2, 0.25) is 0 Å². The van der Waals surface area contributed by atoms with Crippen molar-refractivity contribution in [1.82, 2.24) is 15.1 Å². The van der Waals surface area contributed by atoms with Gasteiger partial charge in [0.15, 0.2) is 0 Å². The number of hydrogen-bond donors (Lipinski definition) is 0. The molecular formula is C27H23F3N4O. The van der Waals surface area contributed by atoms with Gasteiger partial charge in [-0.05, 0) is 31.2 Å². The Morgan fingerprint density at radius 3 is 2.29 bits per heavy atom. The number of halogens is 3. The lowest BCUT2D eigenvalue weighted by atomic mass is 9.99. The third-order valence-corrected chi connectivity index (χ3v) is 6.31. The highest BCUT2D eigenvalue weighted by molar-refractivity contribution is 6.10. The fraction of sp³-hybridized carbons (Fsp3) is 0.222. The van der Waals surface area contributed by atoms with Gasteiger partial charge in [-0.15, -0.1) is 10.2 Å². The number of alkyl halides is 3. The Hall–Kier alpha value is -3.94. The molecule has 0 bridgehead atoms. The van der Waals surface area contributed by atoms with E-state index in [1.54, 1.807) is 11.0 Å². The van der Waals surface area contributed by atoms with Crippen LogP contribution in [0.3, 0.4) is 0 Å². The molecule has 5 rings (SSSR count). The standard InChI is InChI=1S/C27H23F3N4O/c1-18-9-11-19(12-10-18)25-24(22-7-2-3-8-23(22)31-32-25)26(35)34-15-13-33(14-16-34)21-6-4-5-20(17-21)27(28,29)30/h2-12,17H,13-16H2,1H3. The molecule has 0 saturated carbocycles. The minimum Gasteiger partial charge on any atom is -0.368 e. The van der Waals surface area contributed by atoms with Gasteiger partial charge in [-0.2, -0.15) is 13.2 Å². The lowest BCUT2D eigenvalue weighted by molar-refractivity contribution is -0.137. The smallest absolute Gasteiger partial charge is 0.368 e. The van der Waals surface area contributed by atoms with Crippen molar-refractivity contribution in [1.29, 1.82) is 0 Å². The molecule has 0 aliphatic carbocycles. The highest BCUT2D eigenvalue weighted by atomic mass is 19.4. The average molecular weight is 477 g/mol. The predicted molar refractivity (Wildman–Crippen MR) is 129 cm³/mol. The van der Waals surface area contributed by atoms with Gasteiger partial charge >= 0.3 is 6.18 Å². The molecule has 1 fully saturated rings. The molecule has 35 heavy (non-hydrogen) atoms. The molecule has 8 heteroatoms. The highest BCUT2D eigenvalue weighted by Crippen LogP contribution is 2.32. The number of aromatic nitrogens is 2. The molecule has 1 amide bonds. The predicted octanol–water partition coefficient (Wildman–Crippen LogP) is 5.59. The van der Waals surface area contributed by atoms with E-state index in [0.29, 0.717) is 48.6 Å². The summed E-state index contributed by atoms with van der Waals surface area (Å²) < 4.78 is 39.4. The second-order valence-electron chi connectivity index (χ2n) is 8.63. The van der Waals surface area contributed by atoms with Crippen molar-refractivity contribution in [3.05, 3.63) is 89.5 Å². The summed E-state index contributed by atoms with van der Waals surface area (Å²) in [6.45, 7) is 3.64. The van der Waals surface area contributed by atoms with E-state index in [2.05, 4.69) is 10.2 Å². The molecule has 1 saturated heterocycles. The van der Waals surface area contributed by atoms with Crippen LogP contribution >= 0.6 is 0 Å². The van der Waals surface area contributed by atoms with Gasteiger partial charge in [0, 0.05) is 42.8 Å². The molecule has 5 nitrogen and oxygen atoms in total. The highest BCUT2D eigenvalue weighted by Gasteiger charge is 2.32. The van der Waals surface area contributed by atoms with Crippen LogP contribution in [0, 0.1) is 6.92 Å². The maximum atomic E-state index is 13.8. The van der Waals surface area contributed by atoms with E-state index in [1.165, 1.54) is 6.07 Å². The molecule has 3 aromatic carbocycles. The number of aryl methyl sites for hydroxylation is 1. The Balaban J connectivity index is 1.44. The monoisotopic (exact) mass is 476 g/mol. The largest absolute Gasteiger partial charge is 0.416 e. The third kappa shape index (κ3) is 4.56. The van der Waals surface area contributed by atoms with E-state index < -0.39 is 11.7 Å². The first-order valence-electron chi connectivity index (χ1n) is 11.4. The van der Waals surface area contributed by atoms with Crippen LogP contribution in [0.1, 0.15) is 21.5 Å². The minimum absolute atomic E-state index is 0.157. The van der Waals surface area contributed by atoms with Crippen LogP contribution in [0.4, 0.5) is 18.9 Å². The van der Waals surface area contributed by atoms with Crippen molar-refractivity contribution < 1.29 is 18.0 Å². The molecule has 4 aromatic rings. The van der Waals surface area contributed by atoms with E-state index in [-0.39, 0.29) is 5.91 Å². The Morgan fingerprint density at radius 2 is 1.57 bits per heavy atom. The maximum Gasteiger partial charge on any atom is 0.416 e. The summed E-state index contributed by atoms with van der Waals surface area (Å²) in [5, 5.41) is 9.46. The SMILES string of the molecule is Cc1ccc(-c2nnc3ccccc3c2C(=O)N2CCN(c3cccc(C(F)(F)F)c3)CC2)cc1. The van der Waals surface area contributed by atoms with Crippen molar-refractivity contribution in [2.24, 2.45) is 0 Å². The molecule has 1 aliphatic rings. The average Bonchev–Trinajstić information content (AvgIpc) is 2.88. The number of nitrogens with zero attached hydrogens (tertiary/aromatic N) is 4. The van der Waals surface area contributed by atoms with E-state index >= 15 is 0 Å². The summed E-state index contributed by atoms with van der Waals surface area (Å²) in [5.41, 5.74) is 3.38. The number of hydrogen-bond acceptors (Lipinski definition) is 4. The molecular weight excluding hydrogens is 453 g/mol. The fourth-order valence-electron chi connectivity index (χ4n) is 4.39. The summed E-state index contributed by atoms with van der Waals surface area (Å²) in [6.07, 6.45) is -4.39. The van der Waals surface area contributed by atoms with Crippen molar-refractivity contribution in [3.63, 3.8) is 0 Å². The molecule has 0 spiro atoms. The van der Waals surface area contributed by atoms with Crippen molar-refractivity contribution in [3.8, 4) is 11.3 Å². The first-order valence-corrected chi connectivity index (χ1v) is 11.4. The van der Waals surface area contributed by atoms with Crippen molar-refractivity contribution >= 4 is 22.5 Å².